The van der Waals surface area contributed by atoms with Gasteiger partial charge >= 0.3 is 20.4 Å². The molecule has 0 heterocycles. The number of carboxylic acid groups (broad SMARTS) is 2. The molecule has 4 aliphatic carbocycles. The maximum absolute atomic E-state index is 10.7. The molecule has 43 heavy (non-hydrogen) atoms. The summed E-state index contributed by atoms with van der Waals surface area (Å²) in [4.78, 5) is 17.8. The Kier molecular flexibility index (Phi) is 18.0. The van der Waals surface area contributed by atoms with Crippen molar-refractivity contribution in [2.75, 3.05) is 6.16 Å². The van der Waals surface area contributed by atoms with Gasteiger partial charge < -0.3 is 47.2 Å². The fourth-order valence-corrected chi connectivity index (χ4v) is 15.1. The van der Waals surface area contributed by atoms with Gasteiger partial charge in [0.05, 0.1) is 24.4 Å². The number of aliphatic carboxylic acids is 2. The average molecular weight is 720 g/mol. The van der Waals surface area contributed by atoms with Gasteiger partial charge in [-0.15, -0.1) is 0 Å². The normalized spacial score (nSPS) is 35.3. The second kappa shape index (κ2) is 18.9. The number of aliphatic hydroxyl groups excluding tert-OH is 4. The van der Waals surface area contributed by atoms with Crippen LogP contribution in [0.4, 0.5) is 0 Å². The van der Waals surface area contributed by atoms with E-state index in [0.717, 1.165) is 116 Å². The molecule has 8 unspecified atom stereocenters. The monoisotopic (exact) mass is 719 g/mol. The maximum atomic E-state index is 10.7. The molecule has 0 radical (unpaired) electrons. The predicted molar refractivity (Wildman–Crippen MR) is 163 cm³/mol. The Morgan fingerprint density at radius 3 is 1.02 bits per heavy atom. The molecular formula is C33H58O8PPd-. The number of hydrogen-bond acceptors (Lipinski definition) is 8. The molecule has 4 rings (SSSR count). The number of hydrogen-bond donors (Lipinski definition) is 4. The van der Waals surface area contributed by atoms with Crippen molar-refractivity contribution in [3.63, 3.8) is 0 Å². The minimum atomic E-state index is -1.08. The van der Waals surface area contributed by atoms with Crippen LogP contribution < -0.4 is 10.2 Å². The third-order valence-corrected chi connectivity index (χ3v) is 15.8. The molecule has 4 saturated carbocycles. The Labute approximate surface area is 275 Å². The standard InChI is InChI=1S/C29H52O4P.2C2H4O2.Pd/c1-4-15-34(28(5-2,20-7-11-24(30)16-20)21-8-12-25(31)17-21)29(6-3,22-9-13-26(32)18-22)23-10-14-27(33)19-23;2*1-2(3)4;/h20-27,30-33H,1,4-19H2,2-3H3;2*1H3,(H,3,4);/q-1;;;+2/p-2. The van der Waals surface area contributed by atoms with Crippen LogP contribution in [0.15, 0.2) is 0 Å². The van der Waals surface area contributed by atoms with Crippen molar-refractivity contribution < 1.29 is 60.7 Å². The largest absolute Gasteiger partial charge is 2.00 e. The van der Waals surface area contributed by atoms with E-state index in [1.54, 1.807) is 0 Å². The molecule has 10 heteroatoms. The molecule has 0 aromatic rings. The van der Waals surface area contributed by atoms with Gasteiger partial charge in [-0.1, -0.05) is 27.9 Å². The summed E-state index contributed by atoms with van der Waals surface area (Å²) < 4.78 is 0. The molecule has 254 valence electrons. The van der Waals surface area contributed by atoms with Crippen molar-refractivity contribution in [1.82, 2.24) is 0 Å². The van der Waals surface area contributed by atoms with Crippen LogP contribution >= 0.6 is 7.92 Å². The molecule has 0 aromatic carbocycles. The Bertz CT molecular complexity index is 732. The number of aliphatic hydroxyl groups is 4. The summed E-state index contributed by atoms with van der Waals surface area (Å²) in [6.45, 7) is 11.2. The fourth-order valence-electron chi connectivity index (χ4n) is 9.69. The molecular weight excluding hydrogens is 662 g/mol. The molecule has 8 nitrogen and oxygen atoms in total. The number of carbonyl (C=O) groups is 2. The Hall–Kier alpha value is -0.128. The van der Waals surface area contributed by atoms with Crippen molar-refractivity contribution in [1.29, 1.82) is 0 Å². The van der Waals surface area contributed by atoms with Crippen LogP contribution in [-0.2, 0) is 30.0 Å². The smallest absolute Gasteiger partial charge is 0.550 e. The Morgan fingerprint density at radius 1 is 0.651 bits per heavy atom. The topological polar surface area (TPSA) is 161 Å². The maximum Gasteiger partial charge on any atom is 2.00 e. The first-order valence-electron chi connectivity index (χ1n) is 16.4. The zero-order chi connectivity index (χ0) is 31.7. The summed E-state index contributed by atoms with van der Waals surface area (Å²) in [6.07, 6.45) is 15.3. The third kappa shape index (κ3) is 10.2. The number of carboxylic acids is 2. The zero-order valence-corrected chi connectivity index (χ0v) is 29.3. The van der Waals surface area contributed by atoms with E-state index in [2.05, 4.69) is 20.8 Å². The van der Waals surface area contributed by atoms with Crippen LogP contribution in [0, 0.1) is 30.6 Å². The average Bonchev–Trinajstić information content (AvgIpc) is 3.71. The van der Waals surface area contributed by atoms with E-state index in [1.165, 1.54) is 0 Å². The number of rotatable bonds is 10. The first-order valence-corrected chi connectivity index (χ1v) is 17.9. The molecule has 0 spiro atoms. The van der Waals surface area contributed by atoms with Crippen molar-refractivity contribution in [3.05, 3.63) is 6.92 Å². The summed E-state index contributed by atoms with van der Waals surface area (Å²) >= 11 is 0. The van der Waals surface area contributed by atoms with Gasteiger partial charge in [0, 0.05) is 11.9 Å². The van der Waals surface area contributed by atoms with Gasteiger partial charge in [0.15, 0.2) is 0 Å². The molecule has 8 atom stereocenters. The van der Waals surface area contributed by atoms with Gasteiger partial charge in [-0.25, -0.2) is 0 Å². The van der Waals surface area contributed by atoms with Crippen LogP contribution in [0.3, 0.4) is 0 Å². The zero-order valence-electron chi connectivity index (χ0n) is 26.8. The van der Waals surface area contributed by atoms with E-state index < -0.39 is 19.9 Å². The van der Waals surface area contributed by atoms with Crippen molar-refractivity contribution in [3.8, 4) is 0 Å². The van der Waals surface area contributed by atoms with Crippen LogP contribution in [0.5, 0.6) is 0 Å². The van der Waals surface area contributed by atoms with Gasteiger partial charge in [-0.3, -0.25) is 0 Å². The van der Waals surface area contributed by atoms with Gasteiger partial charge in [-0.05, 0) is 138 Å². The molecule has 4 aliphatic rings. The van der Waals surface area contributed by atoms with E-state index in [4.69, 9.17) is 19.8 Å². The van der Waals surface area contributed by atoms with Crippen molar-refractivity contribution >= 4 is 19.9 Å². The van der Waals surface area contributed by atoms with E-state index in [1.807, 2.05) is 0 Å². The quantitative estimate of drug-likeness (QED) is 0.152. The summed E-state index contributed by atoms with van der Waals surface area (Å²) in [5, 5.41) is 60.9. The van der Waals surface area contributed by atoms with Crippen molar-refractivity contribution in [2.24, 2.45) is 23.7 Å². The van der Waals surface area contributed by atoms with Gasteiger partial charge in [0.25, 0.3) is 0 Å². The third-order valence-electron chi connectivity index (χ3n) is 11.0. The molecule has 4 N–H and O–H groups in total. The second-order valence-electron chi connectivity index (χ2n) is 13.3. The first-order chi connectivity index (χ1) is 19.8. The molecule has 0 aliphatic heterocycles. The molecule has 0 saturated heterocycles. The molecule has 4 fully saturated rings. The van der Waals surface area contributed by atoms with Crippen LogP contribution in [-0.4, -0.2) is 73.3 Å². The molecule has 0 amide bonds. The van der Waals surface area contributed by atoms with E-state index in [9.17, 15) is 20.4 Å². The SMILES string of the molecule is CC(=O)[O-].CC(=O)[O-].[CH2-]CCP(C(CC)(C1CCC(O)C1)C1CCC(O)C1)C(CC)(C1CCC(O)C1)C1CCC(O)C1.[Pd+2]. The van der Waals surface area contributed by atoms with Gasteiger partial charge in [-0.2, -0.15) is 6.42 Å². The second-order valence-corrected chi connectivity index (χ2v) is 16.3. The van der Waals surface area contributed by atoms with E-state index in [0.29, 0.717) is 23.7 Å². The van der Waals surface area contributed by atoms with Crippen LogP contribution in [0.2, 0.25) is 0 Å². The van der Waals surface area contributed by atoms with E-state index in [-0.39, 0.29) is 55.2 Å². The van der Waals surface area contributed by atoms with Crippen molar-refractivity contribution in [2.45, 2.75) is 159 Å². The van der Waals surface area contributed by atoms with Gasteiger partial charge in [0.1, 0.15) is 0 Å². The Balaban J connectivity index is 0.000000917. The number of carbonyl (C=O) groups excluding carboxylic acids is 2. The summed E-state index contributed by atoms with van der Waals surface area (Å²) in [5.74, 6) is -0.0962. The summed E-state index contributed by atoms with van der Waals surface area (Å²) in [5.41, 5.74) is 0. The van der Waals surface area contributed by atoms with Crippen LogP contribution in [0.1, 0.15) is 124 Å². The van der Waals surface area contributed by atoms with Crippen LogP contribution in [0.25, 0.3) is 0 Å². The predicted octanol–water partition coefficient (Wildman–Crippen LogP) is 3.14. The van der Waals surface area contributed by atoms with Gasteiger partial charge in [0.2, 0.25) is 0 Å². The minimum Gasteiger partial charge on any atom is -0.550 e. The van der Waals surface area contributed by atoms with E-state index >= 15 is 0 Å². The minimum absolute atomic E-state index is 0. The Morgan fingerprint density at radius 2 is 0.884 bits per heavy atom. The summed E-state index contributed by atoms with van der Waals surface area (Å²) in [6, 6.07) is 0. The molecule has 0 bridgehead atoms. The molecule has 0 aromatic heterocycles. The first kappa shape index (κ1) is 40.9. The fraction of sp³-hybridized carbons (Fsp3) is 0.909. The summed E-state index contributed by atoms with van der Waals surface area (Å²) in [7, 11) is -0.484.